The molecule has 2 saturated heterocycles. The minimum Gasteiger partial charge on any atom is -0.497 e. The highest BCUT2D eigenvalue weighted by molar-refractivity contribution is 5.88. The maximum Gasteiger partial charge on any atom is 0.247 e. The van der Waals surface area contributed by atoms with Crippen LogP contribution in [0.25, 0.3) is 0 Å². The van der Waals surface area contributed by atoms with Crippen molar-refractivity contribution in [2.75, 3.05) is 32.1 Å². The zero-order valence-electron chi connectivity index (χ0n) is 15.2. The fraction of sp³-hybridized carbons (Fsp3) is 0.579. The van der Waals surface area contributed by atoms with Crippen LogP contribution in [-0.4, -0.2) is 49.0 Å². The third-order valence-electron chi connectivity index (χ3n) is 5.39. The van der Waals surface area contributed by atoms with E-state index >= 15 is 0 Å². The lowest BCUT2D eigenvalue weighted by Crippen LogP contribution is -2.53. The van der Waals surface area contributed by atoms with Gasteiger partial charge in [0.1, 0.15) is 11.3 Å². The number of methoxy groups -OCH3 is 1. The van der Waals surface area contributed by atoms with Crippen LogP contribution in [0.2, 0.25) is 0 Å². The van der Waals surface area contributed by atoms with Crippen LogP contribution >= 0.6 is 0 Å². The van der Waals surface area contributed by atoms with E-state index in [2.05, 4.69) is 10.6 Å². The summed E-state index contributed by atoms with van der Waals surface area (Å²) in [6, 6.07) is 7.57. The van der Waals surface area contributed by atoms with Crippen molar-refractivity contribution in [3.05, 3.63) is 24.3 Å². The molecule has 25 heavy (non-hydrogen) atoms. The number of hydrogen-bond acceptors (Lipinski definition) is 4. The van der Waals surface area contributed by atoms with Crippen LogP contribution in [0.15, 0.2) is 24.3 Å². The van der Waals surface area contributed by atoms with E-state index in [0.717, 1.165) is 30.8 Å². The largest absolute Gasteiger partial charge is 0.497 e. The van der Waals surface area contributed by atoms with Crippen LogP contribution in [0, 0.1) is 5.41 Å². The molecule has 0 radical (unpaired) electrons. The summed E-state index contributed by atoms with van der Waals surface area (Å²) in [5, 5.41) is 6.25. The number of likely N-dealkylation sites (tertiary alicyclic amines) is 1. The number of anilines is 1. The monoisotopic (exact) mass is 345 g/mol. The molecule has 2 N–H and O–H groups in total. The van der Waals surface area contributed by atoms with Gasteiger partial charge in [-0.15, -0.1) is 0 Å². The van der Waals surface area contributed by atoms with E-state index in [0.29, 0.717) is 19.5 Å². The van der Waals surface area contributed by atoms with Crippen LogP contribution < -0.4 is 15.4 Å². The molecule has 0 bridgehead atoms. The third-order valence-corrected chi connectivity index (χ3v) is 5.39. The Bertz CT molecular complexity index is 646. The zero-order chi connectivity index (χ0) is 18.1. The van der Waals surface area contributed by atoms with Gasteiger partial charge >= 0.3 is 0 Å². The van der Waals surface area contributed by atoms with Crippen molar-refractivity contribution in [1.29, 1.82) is 0 Å². The predicted octanol–water partition coefficient (Wildman–Crippen LogP) is 2.01. The number of benzene rings is 1. The Labute approximate surface area is 148 Å². The van der Waals surface area contributed by atoms with Gasteiger partial charge in [-0.25, -0.2) is 0 Å². The Hall–Kier alpha value is -2.24. The maximum atomic E-state index is 13.0. The maximum absolute atomic E-state index is 13.0. The van der Waals surface area contributed by atoms with E-state index in [1.54, 1.807) is 7.11 Å². The van der Waals surface area contributed by atoms with Crippen molar-refractivity contribution >= 4 is 17.5 Å². The molecule has 2 aliphatic heterocycles. The molecule has 2 fully saturated rings. The molecule has 0 saturated carbocycles. The highest BCUT2D eigenvalue weighted by Crippen LogP contribution is 2.38. The molecule has 0 unspecified atom stereocenters. The Morgan fingerprint density at radius 2 is 1.88 bits per heavy atom. The van der Waals surface area contributed by atoms with E-state index < -0.39 is 5.54 Å². The summed E-state index contributed by atoms with van der Waals surface area (Å²) in [6.07, 6.45) is 2.37. The van der Waals surface area contributed by atoms with Crippen molar-refractivity contribution in [2.24, 2.45) is 5.41 Å². The van der Waals surface area contributed by atoms with Gasteiger partial charge < -0.3 is 20.3 Å². The summed E-state index contributed by atoms with van der Waals surface area (Å²) in [6.45, 7) is 5.99. The van der Waals surface area contributed by atoms with Gasteiger partial charge in [0.25, 0.3) is 0 Å². The second kappa shape index (κ2) is 6.58. The van der Waals surface area contributed by atoms with E-state index in [1.165, 1.54) is 0 Å². The van der Waals surface area contributed by atoms with Crippen LogP contribution in [0.1, 0.15) is 33.1 Å². The molecule has 136 valence electrons. The van der Waals surface area contributed by atoms with Crippen molar-refractivity contribution in [2.45, 2.75) is 38.6 Å². The molecule has 3 rings (SSSR count). The summed E-state index contributed by atoms with van der Waals surface area (Å²) in [5.74, 6) is 1.02. The molecule has 0 aromatic heterocycles. The lowest BCUT2D eigenvalue weighted by atomic mass is 9.77. The first-order valence-electron chi connectivity index (χ1n) is 8.82. The molecule has 2 amide bonds. The van der Waals surface area contributed by atoms with Crippen LogP contribution in [0.4, 0.5) is 5.69 Å². The first-order chi connectivity index (χ1) is 11.8. The molecular weight excluding hydrogens is 318 g/mol. The highest BCUT2D eigenvalue weighted by atomic mass is 16.5. The minimum absolute atomic E-state index is 0.0570. The second-order valence-corrected chi connectivity index (χ2v) is 7.72. The topological polar surface area (TPSA) is 70.7 Å². The first-order valence-corrected chi connectivity index (χ1v) is 8.82. The van der Waals surface area contributed by atoms with Crippen molar-refractivity contribution < 1.29 is 14.3 Å². The average Bonchev–Trinajstić information content (AvgIpc) is 2.96. The molecule has 6 heteroatoms. The number of ether oxygens (including phenoxy) is 1. The fourth-order valence-electron chi connectivity index (χ4n) is 3.77. The molecule has 1 aromatic carbocycles. The highest BCUT2D eigenvalue weighted by Gasteiger charge is 2.43. The van der Waals surface area contributed by atoms with E-state index in [1.807, 2.05) is 43.0 Å². The van der Waals surface area contributed by atoms with Gasteiger partial charge in [0, 0.05) is 31.7 Å². The summed E-state index contributed by atoms with van der Waals surface area (Å²) in [7, 11) is 1.63. The average molecular weight is 345 g/mol. The van der Waals surface area contributed by atoms with Gasteiger partial charge in [-0.1, -0.05) is 0 Å². The Morgan fingerprint density at radius 3 is 2.40 bits per heavy atom. The molecule has 6 nitrogen and oxygen atoms in total. The smallest absolute Gasteiger partial charge is 0.247 e. The van der Waals surface area contributed by atoms with Gasteiger partial charge in [-0.05, 0) is 56.4 Å². The number of amides is 2. The number of rotatable bonds is 4. The molecule has 0 aliphatic carbocycles. The second-order valence-electron chi connectivity index (χ2n) is 7.72. The summed E-state index contributed by atoms with van der Waals surface area (Å²) in [4.78, 5) is 26.4. The van der Waals surface area contributed by atoms with Crippen molar-refractivity contribution in [1.82, 2.24) is 10.2 Å². The predicted molar refractivity (Wildman–Crippen MR) is 96.6 cm³/mol. The lowest BCUT2D eigenvalue weighted by molar-refractivity contribution is -0.137. The molecule has 2 aliphatic rings. The minimum atomic E-state index is -0.692. The number of hydrogen-bond donors (Lipinski definition) is 2. The van der Waals surface area contributed by atoms with Crippen LogP contribution in [0.3, 0.4) is 0 Å². The molecule has 1 aromatic rings. The van der Waals surface area contributed by atoms with E-state index in [4.69, 9.17) is 4.74 Å². The van der Waals surface area contributed by atoms with Gasteiger partial charge in [-0.3, -0.25) is 9.59 Å². The van der Waals surface area contributed by atoms with E-state index in [9.17, 15) is 9.59 Å². The van der Waals surface area contributed by atoms with Gasteiger partial charge in [-0.2, -0.15) is 0 Å². The quantitative estimate of drug-likeness (QED) is 0.876. The number of piperidine rings is 1. The third kappa shape index (κ3) is 3.72. The molecular formula is C19H27N3O3. The SMILES string of the molecule is COc1ccc(NC(C)(C)C(=O)N2CCC3(CC2)CNC(=O)C3)cc1. The standard InChI is InChI=1S/C19H27N3O3/c1-18(2,21-14-4-6-15(25-3)7-5-14)17(24)22-10-8-19(9-11-22)12-16(23)20-13-19/h4-7,21H,8-13H2,1-3H3,(H,20,23). The Morgan fingerprint density at radius 1 is 1.24 bits per heavy atom. The van der Waals surface area contributed by atoms with E-state index in [-0.39, 0.29) is 17.2 Å². The number of nitrogens with one attached hydrogen (secondary N) is 2. The fourth-order valence-corrected chi connectivity index (χ4v) is 3.77. The first kappa shape index (κ1) is 17.6. The van der Waals surface area contributed by atoms with Crippen molar-refractivity contribution in [3.8, 4) is 5.75 Å². The van der Waals surface area contributed by atoms with Crippen molar-refractivity contribution in [3.63, 3.8) is 0 Å². The number of carbonyl (C=O) groups is 2. The van der Waals surface area contributed by atoms with Gasteiger partial charge in [0.15, 0.2) is 0 Å². The zero-order valence-corrected chi connectivity index (χ0v) is 15.2. The van der Waals surface area contributed by atoms with Gasteiger partial charge in [0.2, 0.25) is 11.8 Å². The normalized spacial score (nSPS) is 19.6. The summed E-state index contributed by atoms with van der Waals surface area (Å²) < 4.78 is 5.16. The lowest BCUT2D eigenvalue weighted by Gasteiger charge is -2.41. The molecule has 0 atom stereocenters. The van der Waals surface area contributed by atoms with Gasteiger partial charge in [0.05, 0.1) is 7.11 Å². The molecule has 1 spiro atoms. The Balaban J connectivity index is 1.60. The molecule has 2 heterocycles. The number of carbonyl (C=O) groups excluding carboxylic acids is 2. The van der Waals surface area contributed by atoms with Crippen LogP contribution in [-0.2, 0) is 9.59 Å². The Kier molecular flexibility index (Phi) is 4.62. The summed E-state index contributed by atoms with van der Waals surface area (Å²) in [5.41, 5.74) is 0.253. The number of nitrogens with zero attached hydrogens (tertiary/aromatic N) is 1. The van der Waals surface area contributed by atoms with Crippen LogP contribution in [0.5, 0.6) is 5.75 Å². The summed E-state index contributed by atoms with van der Waals surface area (Å²) >= 11 is 0.